The summed E-state index contributed by atoms with van der Waals surface area (Å²) in [5, 5.41) is 13.1. The van der Waals surface area contributed by atoms with Gasteiger partial charge in [0.15, 0.2) is 6.61 Å². The second kappa shape index (κ2) is 5.09. The van der Waals surface area contributed by atoms with Gasteiger partial charge in [0, 0.05) is 23.2 Å². The maximum atomic E-state index is 10.7. The number of amides is 1. The number of aliphatic hydroxyl groups excluding tert-OH is 1. The maximum Gasteiger partial charge on any atom is 0.255 e. The number of anilines is 1. The van der Waals surface area contributed by atoms with Crippen molar-refractivity contribution in [1.29, 1.82) is 0 Å². The van der Waals surface area contributed by atoms with E-state index in [0.717, 1.165) is 12.1 Å². The van der Waals surface area contributed by atoms with E-state index in [1.165, 1.54) is 0 Å². The summed E-state index contributed by atoms with van der Waals surface area (Å²) in [4.78, 5) is 10.7. The second-order valence-electron chi connectivity index (χ2n) is 5.55. The highest BCUT2D eigenvalue weighted by molar-refractivity contribution is 5.75. The second-order valence-corrected chi connectivity index (χ2v) is 5.55. The van der Waals surface area contributed by atoms with Crippen LogP contribution in [0.25, 0.3) is 0 Å². The number of primary amides is 1. The fraction of sp³-hybridized carbons (Fsp3) is 0.500. The summed E-state index contributed by atoms with van der Waals surface area (Å²) in [5.74, 6) is 0.100. The number of hydrogen-bond acceptors (Lipinski definition) is 4. The lowest BCUT2D eigenvalue weighted by Crippen LogP contribution is -2.56. The van der Waals surface area contributed by atoms with Gasteiger partial charge in [0.2, 0.25) is 0 Å². The fourth-order valence-electron chi connectivity index (χ4n) is 2.18. The Hall–Kier alpha value is -1.75. The number of nitrogens with two attached hydrogens (primary N) is 1. The molecule has 0 aromatic heterocycles. The number of carbonyl (C=O) groups is 1. The maximum absolute atomic E-state index is 10.7. The molecular formula is C14H20N2O3. The number of aliphatic hydroxyl groups is 1. The highest BCUT2D eigenvalue weighted by Crippen LogP contribution is 2.42. The quantitative estimate of drug-likeness (QED) is 0.744. The van der Waals surface area contributed by atoms with E-state index in [0.29, 0.717) is 5.75 Å². The molecule has 1 aromatic rings. The van der Waals surface area contributed by atoms with E-state index in [1.807, 2.05) is 32.0 Å². The molecule has 1 aromatic carbocycles. The number of ether oxygens (including phenoxy) is 1. The first-order valence-corrected chi connectivity index (χ1v) is 6.35. The Morgan fingerprint density at radius 2 is 2.32 bits per heavy atom. The molecule has 1 aliphatic carbocycles. The molecule has 1 fully saturated rings. The molecule has 2 unspecified atom stereocenters. The highest BCUT2D eigenvalue weighted by Gasteiger charge is 2.47. The molecule has 19 heavy (non-hydrogen) atoms. The summed E-state index contributed by atoms with van der Waals surface area (Å²) in [7, 11) is 0. The standard InChI is InChI=1S/C14H20N2O3/c1-14(2)11(7-12(14)17)16-9-4-3-5-10(6-9)19-8-13(15)18/h3-6,11-12,16-17H,7-8H2,1-2H3,(H2,15,18). The molecule has 0 radical (unpaired) electrons. The van der Waals surface area contributed by atoms with Crippen LogP contribution in [0.1, 0.15) is 20.3 Å². The van der Waals surface area contributed by atoms with Gasteiger partial charge in [-0.25, -0.2) is 0 Å². The minimum Gasteiger partial charge on any atom is -0.484 e. The van der Waals surface area contributed by atoms with Crippen molar-refractivity contribution in [3.05, 3.63) is 24.3 Å². The average Bonchev–Trinajstić information content (AvgIpc) is 2.36. The van der Waals surface area contributed by atoms with Gasteiger partial charge < -0.3 is 20.9 Å². The Bertz CT molecular complexity index is 474. The van der Waals surface area contributed by atoms with Crippen LogP contribution in [0, 0.1) is 5.41 Å². The van der Waals surface area contributed by atoms with E-state index in [9.17, 15) is 9.90 Å². The third-order valence-electron chi connectivity index (χ3n) is 3.77. The Morgan fingerprint density at radius 3 is 2.89 bits per heavy atom. The fourth-order valence-corrected chi connectivity index (χ4v) is 2.18. The molecule has 0 bridgehead atoms. The van der Waals surface area contributed by atoms with Gasteiger partial charge in [-0.05, 0) is 18.6 Å². The molecule has 1 amide bonds. The minimum atomic E-state index is -0.499. The van der Waals surface area contributed by atoms with E-state index in [1.54, 1.807) is 6.07 Å². The van der Waals surface area contributed by atoms with E-state index in [2.05, 4.69) is 5.32 Å². The van der Waals surface area contributed by atoms with Crippen molar-refractivity contribution in [3.63, 3.8) is 0 Å². The van der Waals surface area contributed by atoms with E-state index >= 15 is 0 Å². The molecule has 4 N–H and O–H groups in total. The first kappa shape index (κ1) is 13.7. The zero-order chi connectivity index (χ0) is 14.0. The van der Waals surface area contributed by atoms with Crippen LogP contribution in [0.3, 0.4) is 0 Å². The van der Waals surface area contributed by atoms with Crippen LogP contribution in [-0.4, -0.2) is 29.8 Å². The lowest BCUT2D eigenvalue weighted by Gasteiger charge is -2.49. The molecule has 0 spiro atoms. The molecule has 5 nitrogen and oxygen atoms in total. The predicted molar refractivity (Wildman–Crippen MR) is 72.9 cm³/mol. The molecule has 0 saturated heterocycles. The van der Waals surface area contributed by atoms with Crippen LogP contribution >= 0.6 is 0 Å². The molecule has 1 aliphatic rings. The van der Waals surface area contributed by atoms with Crippen LogP contribution in [0.15, 0.2) is 24.3 Å². The average molecular weight is 264 g/mol. The molecule has 2 rings (SSSR count). The van der Waals surface area contributed by atoms with E-state index < -0.39 is 5.91 Å². The summed E-state index contributed by atoms with van der Waals surface area (Å²) >= 11 is 0. The monoisotopic (exact) mass is 264 g/mol. The summed E-state index contributed by atoms with van der Waals surface area (Å²) in [6, 6.07) is 7.60. The number of hydrogen-bond donors (Lipinski definition) is 3. The number of rotatable bonds is 5. The molecule has 0 aliphatic heterocycles. The van der Waals surface area contributed by atoms with Crippen molar-refractivity contribution in [2.45, 2.75) is 32.4 Å². The Kier molecular flexibility index (Phi) is 3.66. The van der Waals surface area contributed by atoms with Crippen LogP contribution in [-0.2, 0) is 4.79 Å². The molecule has 1 saturated carbocycles. The zero-order valence-corrected chi connectivity index (χ0v) is 11.2. The van der Waals surface area contributed by atoms with Gasteiger partial charge in [-0.15, -0.1) is 0 Å². The summed E-state index contributed by atoms with van der Waals surface area (Å²) < 4.78 is 5.25. The lowest BCUT2D eigenvalue weighted by molar-refractivity contribution is -0.119. The van der Waals surface area contributed by atoms with Crippen LogP contribution in [0.5, 0.6) is 5.75 Å². The highest BCUT2D eigenvalue weighted by atomic mass is 16.5. The minimum absolute atomic E-state index is 0.128. The SMILES string of the molecule is CC1(C)C(O)CC1Nc1cccc(OCC(N)=O)c1. The first-order chi connectivity index (χ1) is 8.89. The smallest absolute Gasteiger partial charge is 0.255 e. The van der Waals surface area contributed by atoms with Gasteiger partial charge in [-0.3, -0.25) is 4.79 Å². The predicted octanol–water partition coefficient (Wildman–Crippen LogP) is 1.12. The van der Waals surface area contributed by atoms with Gasteiger partial charge in [-0.1, -0.05) is 19.9 Å². The summed E-state index contributed by atoms with van der Waals surface area (Å²) in [5.41, 5.74) is 5.81. The van der Waals surface area contributed by atoms with Gasteiger partial charge in [0.25, 0.3) is 5.91 Å². The van der Waals surface area contributed by atoms with Crippen LogP contribution in [0.2, 0.25) is 0 Å². The number of benzene rings is 1. The third kappa shape index (κ3) is 2.98. The molecule has 104 valence electrons. The Morgan fingerprint density at radius 1 is 1.58 bits per heavy atom. The summed E-state index contributed by atoms with van der Waals surface area (Å²) in [6.45, 7) is 3.94. The molecule has 0 heterocycles. The van der Waals surface area contributed by atoms with Gasteiger partial charge in [0.05, 0.1) is 6.10 Å². The number of nitrogens with one attached hydrogen (secondary N) is 1. The normalized spacial score (nSPS) is 24.4. The van der Waals surface area contributed by atoms with Crippen molar-refractivity contribution < 1.29 is 14.6 Å². The van der Waals surface area contributed by atoms with Crippen molar-refractivity contribution in [1.82, 2.24) is 0 Å². The zero-order valence-electron chi connectivity index (χ0n) is 11.2. The number of carbonyl (C=O) groups excluding carboxylic acids is 1. The van der Waals surface area contributed by atoms with E-state index in [4.69, 9.17) is 10.5 Å². The lowest BCUT2D eigenvalue weighted by atomic mass is 9.64. The largest absolute Gasteiger partial charge is 0.484 e. The van der Waals surface area contributed by atoms with Crippen molar-refractivity contribution in [3.8, 4) is 5.75 Å². The van der Waals surface area contributed by atoms with Crippen LogP contribution < -0.4 is 15.8 Å². The Labute approximate surface area is 112 Å². The molecular weight excluding hydrogens is 244 g/mol. The molecule has 2 atom stereocenters. The third-order valence-corrected chi connectivity index (χ3v) is 3.77. The Balaban J connectivity index is 1.98. The van der Waals surface area contributed by atoms with Crippen molar-refractivity contribution in [2.75, 3.05) is 11.9 Å². The van der Waals surface area contributed by atoms with E-state index in [-0.39, 0.29) is 24.2 Å². The summed E-state index contributed by atoms with van der Waals surface area (Å²) in [6.07, 6.45) is 0.471. The van der Waals surface area contributed by atoms with Crippen molar-refractivity contribution in [2.24, 2.45) is 11.1 Å². The topological polar surface area (TPSA) is 84.6 Å². The van der Waals surface area contributed by atoms with Gasteiger partial charge in [0.1, 0.15) is 5.75 Å². The molecule has 5 heteroatoms. The van der Waals surface area contributed by atoms with Crippen LogP contribution in [0.4, 0.5) is 5.69 Å². The van der Waals surface area contributed by atoms with Gasteiger partial charge >= 0.3 is 0 Å². The first-order valence-electron chi connectivity index (χ1n) is 6.35. The van der Waals surface area contributed by atoms with Gasteiger partial charge in [-0.2, -0.15) is 0 Å². The van der Waals surface area contributed by atoms with Crippen molar-refractivity contribution >= 4 is 11.6 Å².